The van der Waals surface area contributed by atoms with Crippen LogP contribution in [0.1, 0.15) is 39.1 Å². The third kappa shape index (κ3) is 5.15. The van der Waals surface area contributed by atoms with Crippen molar-refractivity contribution in [3.63, 3.8) is 0 Å². The Morgan fingerprint density at radius 2 is 1.56 bits per heavy atom. The van der Waals surface area contributed by atoms with Crippen LogP contribution < -0.4 is 5.32 Å². The first kappa shape index (κ1) is 21.6. The highest BCUT2D eigenvalue weighted by Gasteiger charge is 2.13. The summed E-state index contributed by atoms with van der Waals surface area (Å²) < 4.78 is 5.86. The second-order valence-corrected chi connectivity index (χ2v) is 8.34. The zero-order valence-corrected chi connectivity index (χ0v) is 18.6. The van der Waals surface area contributed by atoms with Crippen LogP contribution in [0.2, 0.25) is 0 Å². The third-order valence-corrected chi connectivity index (χ3v) is 5.98. The summed E-state index contributed by atoms with van der Waals surface area (Å²) in [5.74, 6) is 1.82. The number of carbonyl (C=O) groups is 2. The van der Waals surface area contributed by atoms with E-state index in [0.717, 1.165) is 22.8 Å². The van der Waals surface area contributed by atoms with E-state index in [1.807, 2.05) is 37.3 Å². The zero-order chi connectivity index (χ0) is 22.5. The van der Waals surface area contributed by atoms with Crippen molar-refractivity contribution in [1.29, 1.82) is 0 Å². The molecule has 1 amide bonds. The van der Waals surface area contributed by atoms with Crippen LogP contribution in [0.4, 0.5) is 5.69 Å². The Morgan fingerprint density at radius 1 is 0.906 bits per heavy atom. The Bertz CT molecular complexity index is 1230. The number of oxazole rings is 1. The van der Waals surface area contributed by atoms with Crippen molar-refractivity contribution < 1.29 is 14.0 Å². The van der Waals surface area contributed by atoms with Gasteiger partial charge in [-0.15, -0.1) is 11.8 Å². The minimum absolute atomic E-state index is 0.0120. The van der Waals surface area contributed by atoms with Crippen LogP contribution in [0.15, 0.2) is 88.2 Å². The van der Waals surface area contributed by atoms with Gasteiger partial charge in [0.25, 0.3) is 5.91 Å². The van der Waals surface area contributed by atoms with Gasteiger partial charge >= 0.3 is 0 Å². The summed E-state index contributed by atoms with van der Waals surface area (Å²) in [6.45, 7) is 3.42. The molecular weight excluding hydrogens is 420 g/mol. The molecule has 3 aromatic carbocycles. The molecule has 0 saturated heterocycles. The van der Waals surface area contributed by atoms with Crippen molar-refractivity contribution in [2.75, 3.05) is 5.32 Å². The number of nitrogens with zero attached hydrogens (tertiary/aromatic N) is 1. The van der Waals surface area contributed by atoms with E-state index in [-0.39, 0.29) is 11.7 Å². The number of hydrogen-bond donors (Lipinski definition) is 1. The number of anilines is 1. The minimum atomic E-state index is -0.226. The lowest BCUT2D eigenvalue weighted by Gasteiger charge is -2.06. The van der Waals surface area contributed by atoms with Crippen LogP contribution in [0, 0.1) is 6.92 Å². The molecule has 0 fully saturated rings. The van der Waals surface area contributed by atoms with E-state index < -0.39 is 0 Å². The maximum atomic E-state index is 12.5. The summed E-state index contributed by atoms with van der Waals surface area (Å²) in [6.07, 6.45) is 0. The Morgan fingerprint density at radius 3 is 2.22 bits per heavy atom. The molecule has 1 aromatic heterocycles. The summed E-state index contributed by atoms with van der Waals surface area (Å²) in [7, 11) is 0. The maximum absolute atomic E-state index is 12.5. The van der Waals surface area contributed by atoms with E-state index in [9.17, 15) is 9.59 Å². The van der Waals surface area contributed by atoms with Gasteiger partial charge in [0.1, 0.15) is 5.76 Å². The highest BCUT2D eigenvalue weighted by molar-refractivity contribution is 7.98. The molecule has 6 heteroatoms. The number of ketones is 1. The van der Waals surface area contributed by atoms with Gasteiger partial charge in [0.15, 0.2) is 5.78 Å². The van der Waals surface area contributed by atoms with Gasteiger partial charge in [-0.25, -0.2) is 4.98 Å². The fraction of sp³-hybridized carbons (Fsp3) is 0.115. The lowest BCUT2D eigenvalue weighted by atomic mass is 10.1. The fourth-order valence-corrected chi connectivity index (χ4v) is 4.03. The van der Waals surface area contributed by atoms with Crippen molar-refractivity contribution in [1.82, 2.24) is 4.98 Å². The molecule has 0 spiro atoms. The predicted octanol–water partition coefficient (Wildman–Crippen LogP) is 6.40. The standard InChI is InChI=1S/C26H22N2O3S/c1-17(29)19-12-14-22(15-13-19)27-25(30)20-8-10-21(11-9-20)26-28-24(18(2)31-26)16-32-23-6-4-3-5-7-23/h3-15H,16H2,1-2H3,(H,27,30). The molecule has 4 aromatic rings. The Labute approximate surface area is 190 Å². The molecule has 4 rings (SSSR count). The fourth-order valence-electron chi connectivity index (χ4n) is 3.11. The van der Waals surface area contributed by atoms with Crippen molar-refractivity contribution in [3.05, 3.63) is 101 Å². The van der Waals surface area contributed by atoms with Crippen LogP contribution in [0.3, 0.4) is 0 Å². The molecule has 0 radical (unpaired) electrons. The molecule has 0 unspecified atom stereocenters. The number of amides is 1. The molecule has 0 aliphatic rings. The van der Waals surface area contributed by atoms with Gasteiger partial charge in [-0.3, -0.25) is 9.59 Å². The first-order valence-corrected chi connectivity index (χ1v) is 11.1. The third-order valence-electron chi connectivity index (χ3n) is 4.95. The van der Waals surface area contributed by atoms with Crippen LogP contribution >= 0.6 is 11.8 Å². The Hall–Kier alpha value is -3.64. The summed E-state index contributed by atoms with van der Waals surface area (Å²) in [6, 6.07) is 24.1. The number of hydrogen-bond acceptors (Lipinski definition) is 5. The molecule has 0 atom stereocenters. The van der Waals surface area contributed by atoms with E-state index in [4.69, 9.17) is 4.42 Å². The van der Waals surface area contributed by atoms with Gasteiger partial charge in [0.05, 0.1) is 5.69 Å². The summed E-state index contributed by atoms with van der Waals surface area (Å²) in [4.78, 5) is 29.7. The number of aromatic nitrogens is 1. The SMILES string of the molecule is CC(=O)c1ccc(NC(=O)c2ccc(-c3nc(CSc4ccccc4)c(C)o3)cc2)cc1. The van der Waals surface area contributed by atoms with Gasteiger partial charge in [-0.1, -0.05) is 18.2 Å². The molecule has 32 heavy (non-hydrogen) atoms. The van der Waals surface area contributed by atoms with E-state index in [1.54, 1.807) is 48.2 Å². The summed E-state index contributed by atoms with van der Waals surface area (Å²) in [5, 5.41) is 2.84. The lowest BCUT2D eigenvalue weighted by molar-refractivity contribution is 0.101. The van der Waals surface area contributed by atoms with Gasteiger partial charge < -0.3 is 9.73 Å². The number of nitrogens with one attached hydrogen (secondary N) is 1. The van der Waals surface area contributed by atoms with Crippen LogP contribution in [-0.2, 0) is 5.75 Å². The topological polar surface area (TPSA) is 72.2 Å². The zero-order valence-electron chi connectivity index (χ0n) is 17.8. The first-order valence-electron chi connectivity index (χ1n) is 10.2. The summed E-state index contributed by atoms with van der Waals surface area (Å²) in [5.41, 5.74) is 3.48. The van der Waals surface area contributed by atoms with Gasteiger partial charge in [-0.05, 0) is 74.5 Å². The lowest BCUT2D eigenvalue weighted by Crippen LogP contribution is -2.11. The number of Topliss-reactive ketones (excluding diaryl/α,β-unsaturated/α-hetero) is 1. The molecular formula is C26H22N2O3S. The van der Waals surface area contributed by atoms with E-state index in [1.165, 1.54) is 11.8 Å². The van der Waals surface area contributed by atoms with Crippen LogP contribution in [0.5, 0.6) is 0 Å². The molecule has 5 nitrogen and oxygen atoms in total. The smallest absolute Gasteiger partial charge is 0.255 e. The Balaban J connectivity index is 1.42. The van der Waals surface area contributed by atoms with E-state index in [2.05, 4.69) is 22.4 Å². The average molecular weight is 443 g/mol. The second kappa shape index (κ2) is 9.66. The number of aryl methyl sites for hydroxylation is 1. The quantitative estimate of drug-likeness (QED) is 0.265. The number of carbonyl (C=O) groups excluding carboxylic acids is 2. The largest absolute Gasteiger partial charge is 0.441 e. The number of thioether (sulfide) groups is 1. The van der Waals surface area contributed by atoms with Crippen LogP contribution in [0.25, 0.3) is 11.5 Å². The predicted molar refractivity (Wildman–Crippen MR) is 127 cm³/mol. The van der Waals surface area contributed by atoms with Crippen LogP contribution in [-0.4, -0.2) is 16.7 Å². The van der Waals surface area contributed by atoms with Gasteiger partial charge in [0, 0.05) is 33.0 Å². The number of rotatable bonds is 7. The molecule has 0 aliphatic carbocycles. The minimum Gasteiger partial charge on any atom is -0.441 e. The highest BCUT2D eigenvalue weighted by Crippen LogP contribution is 2.27. The van der Waals surface area contributed by atoms with Crippen molar-refractivity contribution in [3.8, 4) is 11.5 Å². The monoisotopic (exact) mass is 442 g/mol. The molecule has 1 N–H and O–H groups in total. The second-order valence-electron chi connectivity index (χ2n) is 7.29. The molecule has 160 valence electrons. The van der Waals surface area contributed by atoms with Crippen molar-refractivity contribution >= 4 is 29.1 Å². The van der Waals surface area contributed by atoms with Crippen molar-refractivity contribution in [2.24, 2.45) is 0 Å². The average Bonchev–Trinajstić information content (AvgIpc) is 3.19. The number of benzene rings is 3. The highest BCUT2D eigenvalue weighted by atomic mass is 32.2. The van der Waals surface area contributed by atoms with E-state index >= 15 is 0 Å². The molecule has 0 bridgehead atoms. The van der Waals surface area contributed by atoms with Gasteiger partial charge in [-0.2, -0.15) is 0 Å². The summed E-state index contributed by atoms with van der Waals surface area (Å²) >= 11 is 1.71. The Kier molecular flexibility index (Phi) is 6.52. The molecule has 0 saturated carbocycles. The van der Waals surface area contributed by atoms with Crippen molar-refractivity contribution in [2.45, 2.75) is 24.5 Å². The molecule has 0 aliphatic heterocycles. The van der Waals surface area contributed by atoms with E-state index in [0.29, 0.717) is 22.7 Å². The normalized spacial score (nSPS) is 10.7. The molecule has 1 heterocycles. The maximum Gasteiger partial charge on any atom is 0.255 e. The van der Waals surface area contributed by atoms with Gasteiger partial charge in [0.2, 0.25) is 5.89 Å². The first-order chi connectivity index (χ1) is 15.5.